The van der Waals surface area contributed by atoms with Gasteiger partial charge in [0.1, 0.15) is 5.75 Å². The smallest absolute Gasteiger partial charge is 0.269 e. The Hall–Kier alpha value is -3.84. The predicted octanol–water partition coefficient (Wildman–Crippen LogP) is 0.521. The number of nitrogens with zero attached hydrogens (tertiary/aromatic N) is 1. The Balaban J connectivity index is 1.91. The molecule has 12 nitrogen and oxygen atoms in total. The van der Waals surface area contributed by atoms with Gasteiger partial charge in [-0.1, -0.05) is 0 Å². The Kier molecular flexibility index (Phi) is 6.92. The third kappa shape index (κ3) is 3.99. The average Bonchev–Trinajstić information content (AvgIpc) is 2.84. The van der Waals surface area contributed by atoms with Crippen LogP contribution in [0.3, 0.4) is 0 Å². The number of aliphatic hydroxyl groups is 3. The van der Waals surface area contributed by atoms with Crippen LogP contribution < -0.4 is 4.74 Å². The van der Waals surface area contributed by atoms with E-state index in [-0.39, 0.29) is 22.6 Å². The molecule has 2 aromatic carbocycles. The van der Waals surface area contributed by atoms with Crippen molar-refractivity contribution >= 4 is 28.8 Å². The first-order chi connectivity index (χ1) is 16.7. The molecule has 2 aromatic rings. The first-order valence-electron chi connectivity index (χ1n) is 10.6. The van der Waals surface area contributed by atoms with Gasteiger partial charge in [-0.2, -0.15) is 0 Å². The first-order valence-corrected chi connectivity index (χ1v) is 10.6. The van der Waals surface area contributed by atoms with E-state index in [9.17, 15) is 44.6 Å². The maximum Gasteiger partial charge on any atom is 0.269 e. The molecule has 0 bridgehead atoms. The van der Waals surface area contributed by atoms with Crippen LogP contribution in [0.15, 0.2) is 48.5 Å². The lowest BCUT2D eigenvalue weighted by Gasteiger charge is -2.54. The van der Waals surface area contributed by atoms with Gasteiger partial charge in [0, 0.05) is 23.3 Å². The summed E-state index contributed by atoms with van der Waals surface area (Å²) in [6.07, 6.45) is -2.01. The molecule has 0 radical (unpaired) electrons. The highest BCUT2D eigenvalue weighted by atomic mass is 16.7. The molecule has 0 aliphatic carbocycles. The monoisotopic (exact) mass is 501 g/mol. The lowest BCUT2D eigenvalue weighted by molar-refractivity contribution is -0.384. The maximum atomic E-state index is 12.7. The molecule has 12 heteroatoms. The van der Waals surface area contributed by atoms with Crippen molar-refractivity contribution in [1.29, 1.82) is 0 Å². The van der Waals surface area contributed by atoms with Gasteiger partial charge in [-0.05, 0) is 57.2 Å². The van der Waals surface area contributed by atoms with Crippen LogP contribution in [0.2, 0.25) is 0 Å². The molecule has 0 amide bonds. The van der Waals surface area contributed by atoms with Crippen molar-refractivity contribution in [1.82, 2.24) is 0 Å². The van der Waals surface area contributed by atoms with Crippen LogP contribution in [0, 0.1) is 10.1 Å². The summed E-state index contributed by atoms with van der Waals surface area (Å²) in [4.78, 5) is 59.9. The standard InChI is InChI=1S/C24H23NO11/c1-13(26)22(30)12-35-21(23(31,14(2)27)24(22,32)15(3)28)36-19-10-6-17(7-11-19)20(29)16-4-8-18(9-5-16)25(33)34/h4-11,21,30-32H,12H2,1-3H3/t21-,22+,23+,24+/m1/s1. The normalized spacial score (nSPS) is 27.7. The summed E-state index contributed by atoms with van der Waals surface area (Å²) < 4.78 is 10.8. The molecule has 1 heterocycles. The minimum atomic E-state index is -3.29. The molecule has 3 N–H and O–H groups in total. The molecule has 1 saturated heterocycles. The van der Waals surface area contributed by atoms with Crippen LogP contribution in [-0.4, -0.2) is 73.1 Å². The van der Waals surface area contributed by atoms with Gasteiger partial charge in [0.15, 0.2) is 28.7 Å². The largest absolute Gasteiger partial charge is 0.461 e. The van der Waals surface area contributed by atoms with Gasteiger partial charge in [-0.3, -0.25) is 29.3 Å². The van der Waals surface area contributed by atoms with Crippen LogP contribution in [0.1, 0.15) is 36.7 Å². The van der Waals surface area contributed by atoms with Gasteiger partial charge in [0.25, 0.3) is 5.69 Å². The van der Waals surface area contributed by atoms with Crippen molar-refractivity contribution in [2.24, 2.45) is 0 Å². The van der Waals surface area contributed by atoms with E-state index in [0.29, 0.717) is 0 Å². The number of non-ortho nitro benzene ring substituents is 1. The van der Waals surface area contributed by atoms with Crippen molar-refractivity contribution in [3.05, 3.63) is 69.8 Å². The Bertz CT molecular complexity index is 1240. The Labute approximate surface area is 204 Å². The summed E-state index contributed by atoms with van der Waals surface area (Å²) in [6, 6.07) is 10.2. The summed E-state index contributed by atoms with van der Waals surface area (Å²) in [7, 11) is 0. The van der Waals surface area contributed by atoms with E-state index >= 15 is 0 Å². The zero-order valence-corrected chi connectivity index (χ0v) is 19.5. The fraction of sp³-hybridized carbons (Fsp3) is 0.333. The van der Waals surface area contributed by atoms with Gasteiger partial charge in [-0.25, -0.2) is 0 Å². The average molecular weight is 501 g/mol. The fourth-order valence-corrected chi connectivity index (χ4v) is 4.07. The summed E-state index contributed by atoms with van der Waals surface area (Å²) in [5.41, 5.74) is -9.21. The molecule has 0 saturated carbocycles. The minimum absolute atomic E-state index is 0.0564. The van der Waals surface area contributed by atoms with E-state index in [2.05, 4.69) is 0 Å². The molecule has 0 unspecified atom stereocenters. The number of rotatable bonds is 8. The van der Waals surface area contributed by atoms with E-state index in [1.807, 2.05) is 0 Å². The van der Waals surface area contributed by atoms with E-state index < -0.39 is 57.8 Å². The van der Waals surface area contributed by atoms with E-state index in [1.54, 1.807) is 0 Å². The topological polar surface area (TPSA) is 191 Å². The minimum Gasteiger partial charge on any atom is -0.461 e. The number of ketones is 4. The maximum absolute atomic E-state index is 12.7. The third-order valence-electron chi connectivity index (χ3n) is 6.26. The molecule has 1 aliphatic rings. The molecule has 1 fully saturated rings. The molecule has 0 aromatic heterocycles. The lowest BCUT2D eigenvalue weighted by Crippen LogP contribution is -2.84. The second kappa shape index (κ2) is 9.32. The van der Waals surface area contributed by atoms with E-state index in [0.717, 1.165) is 20.8 Å². The van der Waals surface area contributed by atoms with Crippen molar-refractivity contribution in [3.63, 3.8) is 0 Å². The van der Waals surface area contributed by atoms with Crippen LogP contribution in [-0.2, 0) is 19.1 Å². The summed E-state index contributed by atoms with van der Waals surface area (Å²) in [6.45, 7) is 1.52. The first kappa shape index (κ1) is 26.8. The molecule has 36 heavy (non-hydrogen) atoms. The Morgan fingerprint density at radius 1 is 0.889 bits per heavy atom. The van der Waals surface area contributed by atoms with Crippen LogP contribution in [0.25, 0.3) is 0 Å². The highest BCUT2D eigenvalue weighted by Crippen LogP contribution is 2.44. The number of hydrogen-bond donors (Lipinski definition) is 3. The molecule has 190 valence electrons. The number of nitro benzene ring substituents is 1. The second-order valence-electron chi connectivity index (χ2n) is 8.42. The zero-order valence-electron chi connectivity index (χ0n) is 19.5. The summed E-state index contributed by atoms with van der Waals surface area (Å²) in [5.74, 6) is -4.11. The Morgan fingerprint density at radius 3 is 1.81 bits per heavy atom. The number of Topliss-reactive ketones (excluding diaryl/α,β-unsaturated/α-hetero) is 3. The molecular formula is C24H23NO11. The zero-order chi connectivity index (χ0) is 27.1. The van der Waals surface area contributed by atoms with Crippen molar-refractivity contribution in [2.45, 2.75) is 43.9 Å². The van der Waals surface area contributed by atoms with E-state index in [1.165, 1.54) is 48.5 Å². The van der Waals surface area contributed by atoms with Crippen LogP contribution >= 0.6 is 0 Å². The molecule has 0 spiro atoms. The van der Waals surface area contributed by atoms with E-state index in [4.69, 9.17) is 9.47 Å². The van der Waals surface area contributed by atoms with Crippen molar-refractivity contribution in [2.75, 3.05) is 6.61 Å². The number of carbonyl (C=O) groups is 4. The molecule has 1 aliphatic heterocycles. The Morgan fingerprint density at radius 2 is 1.39 bits per heavy atom. The highest BCUT2D eigenvalue weighted by molar-refractivity contribution is 6.09. The predicted molar refractivity (Wildman–Crippen MR) is 120 cm³/mol. The number of ether oxygens (including phenoxy) is 2. The number of benzene rings is 2. The summed E-state index contributed by atoms with van der Waals surface area (Å²) in [5, 5.41) is 43.9. The number of carbonyl (C=O) groups excluding carboxylic acids is 4. The molecule has 3 rings (SSSR count). The second-order valence-corrected chi connectivity index (χ2v) is 8.42. The summed E-state index contributed by atoms with van der Waals surface area (Å²) >= 11 is 0. The fourth-order valence-electron chi connectivity index (χ4n) is 4.07. The van der Waals surface area contributed by atoms with Gasteiger partial charge < -0.3 is 24.8 Å². The highest BCUT2D eigenvalue weighted by Gasteiger charge is 2.76. The van der Waals surface area contributed by atoms with Gasteiger partial charge in [0.2, 0.25) is 17.5 Å². The van der Waals surface area contributed by atoms with Crippen molar-refractivity contribution < 1.29 is 48.9 Å². The van der Waals surface area contributed by atoms with Crippen LogP contribution in [0.4, 0.5) is 5.69 Å². The van der Waals surface area contributed by atoms with Gasteiger partial charge in [-0.15, -0.1) is 0 Å². The SMILES string of the molecule is CC(=O)[C@]1(O)[C@@](O)(C(C)=O)CO[C@H](Oc2ccc(C(=O)c3ccc([N+](=O)[O-])cc3)cc2)[C@@]1(O)C(C)=O. The van der Waals surface area contributed by atoms with Crippen LogP contribution in [0.5, 0.6) is 5.75 Å². The number of hydrogen-bond acceptors (Lipinski definition) is 11. The lowest BCUT2D eigenvalue weighted by atomic mass is 9.63. The quantitative estimate of drug-likeness (QED) is 0.260. The van der Waals surface area contributed by atoms with Crippen molar-refractivity contribution in [3.8, 4) is 5.75 Å². The number of nitro groups is 1. The van der Waals surface area contributed by atoms with Gasteiger partial charge in [0.05, 0.1) is 11.5 Å². The molecule has 4 atom stereocenters. The third-order valence-corrected chi connectivity index (χ3v) is 6.26. The van der Waals surface area contributed by atoms with Gasteiger partial charge >= 0.3 is 0 Å². The molecular weight excluding hydrogens is 478 g/mol.